The van der Waals surface area contributed by atoms with E-state index in [-0.39, 0.29) is 0 Å². The minimum absolute atomic E-state index is 0.670. The lowest BCUT2D eigenvalue weighted by molar-refractivity contribution is -0.118. The van der Waals surface area contributed by atoms with Crippen LogP contribution in [0.5, 0.6) is 0 Å². The molecule has 2 rings (SSSR count). The SMILES string of the molecule is CNc1nc(C)c(C)c2c1CN(C=O)C2. The van der Waals surface area contributed by atoms with Crippen LogP contribution in [0.2, 0.25) is 0 Å². The third-order valence-electron chi connectivity index (χ3n) is 3.03. The van der Waals surface area contributed by atoms with Gasteiger partial charge in [0.2, 0.25) is 6.41 Å². The maximum absolute atomic E-state index is 10.8. The van der Waals surface area contributed by atoms with Gasteiger partial charge in [0.1, 0.15) is 5.82 Å². The molecule has 0 unspecified atom stereocenters. The lowest BCUT2D eigenvalue weighted by atomic mass is 10.0. The molecule has 1 aromatic heterocycles. The van der Waals surface area contributed by atoms with Crippen molar-refractivity contribution >= 4 is 12.2 Å². The first kappa shape index (κ1) is 9.96. The molecule has 1 aliphatic rings. The van der Waals surface area contributed by atoms with Crippen LogP contribution in [-0.2, 0) is 17.9 Å². The highest BCUT2D eigenvalue weighted by Gasteiger charge is 2.24. The standard InChI is InChI=1S/C11H15N3O/c1-7-8(2)13-11(12-3)10-5-14(6-15)4-9(7)10/h6H,4-5H2,1-3H3,(H,12,13). The third kappa shape index (κ3) is 1.46. The number of pyridine rings is 1. The van der Waals surface area contributed by atoms with Gasteiger partial charge in [0.25, 0.3) is 0 Å². The van der Waals surface area contributed by atoms with Crippen molar-refractivity contribution in [2.45, 2.75) is 26.9 Å². The molecule has 0 saturated carbocycles. The summed E-state index contributed by atoms with van der Waals surface area (Å²) in [5, 5.41) is 3.09. The number of carbonyl (C=O) groups is 1. The summed E-state index contributed by atoms with van der Waals surface area (Å²) in [4.78, 5) is 17.0. The topological polar surface area (TPSA) is 45.2 Å². The maximum atomic E-state index is 10.8. The Morgan fingerprint density at radius 1 is 1.33 bits per heavy atom. The van der Waals surface area contributed by atoms with E-state index in [1.54, 1.807) is 4.90 Å². The van der Waals surface area contributed by atoms with E-state index in [0.29, 0.717) is 13.1 Å². The molecule has 0 aromatic carbocycles. The van der Waals surface area contributed by atoms with Gasteiger partial charge in [-0.1, -0.05) is 0 Å². The predicted octanol–water partition coefficient (Wildman–Crippen LogP) is 1.21. The van der Waals surface area contributed by atoms with Crippen molar-refractivity contribution < 1.29 is 4.79 Å². The lowest BCUT2D eigenvalue weighted by Crippen LogP contribution is -2.13. The fourth-order valence-corrected chi connectivity index (χ4v) is 2.03. The second kappa shape index (κ2) is 3.53. The van der Waals surface area contributed by atoms with Gasteiger partial charge in [-0.05, 0) is 25.0 Å². The van der Waals surface area contributed by atoms with Gasteiger partial charge in [-0.25, -0.2) is 4.98 Å². The van der Waals surface area contributed by atoms with Gasteiger partial charge in [0, 0.05) is 31.4 Å². The highest BCUT2D eigenvalue weighted by atomic mass is 16.1. The van der Waals surface area contributed by atoms with Crippen molar-refractivity contribution in [3.05, 3.63) is 22.4 Å². The van der Waals surface area contributed by atoms with Crippen molar-refractivity contribution in [1.29, 1.82) is 0 Å². The highest BCUT2D eigenvalue weighted by molar-refractivity contribution is 5.59. The van der Waals surface area contributed by atoms with Crippen molar-refractivity contribution in [2.75, 3.05) is 12.4 Å². The van der Waals surface area contributed by atoms with Gasteiger partial charge < -0.3 is 10.2 Å². The summed E-state index contributed by atoms with van der Waals surface area (Å²) in [5.41, 5.74) is 4.64. The van der Waals surface area contributed by atoms with Crippen LogP contribution in [-0.4, -0.2) is 23.3 Å². The second-order valence-electron chi connectivity index (χ2n) is 3.89. The summed E-state index contributed by atoms with van der Waals surface area (Å²) in [5.74, 6) is 0.900. The Bertz CT molecular complexity index is 415. The van der Waals surface area contributed by atoms with Gasteiger partial charge in [-0.3, -0.25) is 4.79 Å². The van der Waals surface area contributed by atoms with Crippen LogP contribution in [0.25, 0.3) is 0 Å². The van der Waals surface area contributed by atoms with Gasteiger partial charge >= 0.3 is 0 Å². The molecular weight excluding hydrogens is 190 g/mol. The van der Waals surface area contributed by atoms with Gasteiger partial charge in [0.15, 0.2) is 0 Å². The van der Waals surface area contributed by atoms with E-state index in [2.05, 4.69) is 17.2 Å². The zero-order valence-corrected chi connectivity index (χ0v) is 9.29. The smallest absolute Gasteiger partial charge is 0.210 e. The summed E-state index contributed by atoms with van der Waals surface area (Å²) in [6, 6.07) is 0. The second-order valence-corrected chi connectivity index (χ2v) is 3.89. The highest BCUT2D eigenvalue weighted by Crippen LogP contribution is 2.30. The fourth-order valence-electron chi connectivity index (χ4n) is 2.03. The van der Waals surface area contributed by atoms with Crippen LogP contribution in [0.3, 0.4) is 0 Å². The maximum Gasteiger partial charge on any atom is 0.210 e. The Morgan fingerprint density at radius 2 is 2.00 bits per heavy atom. The normalized spacial score (nSPS) is 13.9. The summed E-state index contributed by atoms with van der Waals surface area (Å²) < 4.78 is 0. The minimum Gasteiger partial charge on any atom is -0.373 e. The van der Waals surface area contributed by atoms with E-state index < -0.39 is 0 Å². The first-order valence-electron chi connectivity index (χ1n) is 5.03. The van der Waals surface area contributed by atoms with Crippen LogP contribution in [0.4, 0.5) is 5.82 Å². The van der Waals surface area contributed by atoms with E-state index >= 15 is 0 Å². The largest absolute Gasteiger partial charge is 0.373 e. The van der Waals surface area contributed by atoms with Gasteiger partial charge in [0.05, 0.1) is 0 Å². The minimum atomic E-state index is 0.670. The molecule has 1 amide bonds. The third-order valence-corrected chi connectivity index (χ3v) is 3.03. The van der Waals surface area contributed by atoms with Crippen LogP contribution < -0.4 is 5.32 Å². The van der Waals surface area contributed by atoms with Gasteiger partial charge in [-0.2, -0.15) is 0 Å². The number of amides is 1. The quantitative estimate of drug-likeness (QED) is 0.738. The van der Waals surface area contributed by atoms with Crippen LogP contribution in [0, 0.1) is 13.8 Å². The number of anilines is 1. The summed E-state index contributed by atoms with van der Waals surface area (Å²) in [6.45, 7) is 5.45. The molecule has 0 bridgehead atoms. The van der Waals surface area contributed by atoms with E-state index in [1.807, 2.05) is 14.0 Å². The molecule has 1 aliphatic heterocycles. The van der Waals surface area contributed by atoms with Gasteiger partial charge in [-0.15, -0.1) is 0 Å². The number of aryl methyl sites for hydroxylation is 1. The molecular formula is C11H15N3O. The number of aromatic nitrogens is 1. The van der Waals surface area contributed by atoms with Crippen molar-refractivity contribution in [2.24, 2.45) is 0 Å². The molecule has 1 aromatic rings. The molecule has 0 atom stereocenters. The lowest BCUT2D eigenvalue weighted by Gasteiger charge is -2.10. The Labute approximate surface area is 89.3 Å². The van der Waals surface area contributed by atoms with Crippen LogP contribution in [0.1, 0.15) is 22.4 Å². The first-order chi connectivity index (χ1) is 7.17. The Morgan fingerprint density at radius 3 is 2.60 bits per heavy atom. The molecule has 4 heteroatoms. The zero-order valence-electron chi connectivity index (χ0n) is 9.29. The molecule has 4 nitrogen and oxygen atoms in total. The van der Waals surface area contributed by atoms with E-state index in [1.165, 1.54) is 11.1 Å². The first-order valence-corrected chi connectivity index (χ1v) is 5.03. The Hall–Kier alpha value is -1.58. The number of fused-ring (bicyclic) bond motifs is 1. The van der Waals surface area contributed by atoms with Crippen LogP contribution >= 0.6 is 0 Å². The predicted molar refractivity (Wildman–Crippen MR) is 58.6 cm³/mol. The fraction of sp³-hybridized carbons (Fsp3) is 0.455. The van der Waals surface area contributed by atoms with E-state index in [4.69, 9.17) is 0 Å². The molecule has 15 heavy (non-hydrogen) atoms. The molecule has 80 valence electrons. The summed E-state index contributed by atoms with van der Waals surface area (Å²) in [6.07, 6.45) is 0.897. The molecule has 0 spiro atoms. The molecule has 2 heterocycles. The number of nitrogens with zero attached hydrogens (tertiary/aromatic N) is 2. The summed E-state index contributed by atoms with van der Waals surface area (Å²) >= 11 is 0. The summed E-state index contributed by atoms with van der Waals surface area (Å²) in [7, 11) is 1.86. The monoisotopic (exact) mass is 205 g/mol. The Balaban J connectivity index is 2.55. The van der Waals surface area contributed by atoms with E-state index in [0.717, 1.165) is 23.5 Å². The van der Waals surface area contributed by atoms with Crippen LogP contribution in [0.15, 0.2) is 0 Å². The molecule has 1 N–H and O–H groups in total. The van der Waals surface area contributed by atoms with Crippen molar-refractivity contribution in [1.82, 2.24) is 9.88 Å². The number of hydrogen-bond acceptors (Lipinski definition) is 3. The van der Waals surface area contributed by atoms with Crippen molar-refractivity contribution in [3.8, 4) is 0 Å². The number of carbonyl (C=O) groups excluding carboxylic acids is 1. The number of nitrogens with one attached hydrogen (secondary N) is 1. The average molecular weight is 205 g/mol. The van der Waals surface area contributed by atoms with E-state index in [9.17, 15) is 4.79 Å². The molecule has 0 radical (unpaired) electrons. The zero-order chi connectivity index (χ0) is 11.0. The van der Waals surface area contributed by atoms with Crippen molar-refractivity contribution in [3.63, 3.8) is 0 Å². The Kier molecular flexibility index (Phi) is 2.34. The number of rotatable bonds is 2. The number of hydrogen-bond donors (Lipinski definition) is 1. The average Bonchev–Trinajstić information content (AvgIpc) is 2.67. The molecule has 0 aliphatic carbocycles. The molecule has 0 fully saturated rings. The molecule has 0 saturated heterocycles.